The van der Waals surface area contributed by atoms with Crippen molar-refractivity contribution >= 4 is 23.9 Å². The van der Waals surface area contributed by atoms with Crippen molar-refractivity contribution in [3.05, 3.63) is 45.2 Å². The Morgan fingerprint density at radius 1 is 0.591 bits per heavy atom. The largest absolute Gasteiger partial charge is 0.462 e. The maximum absolute atomic E-state index is 13.2. The summed E-state index contributed by atoms with van der Waals surface area (Å²) >= 11 is 0. The Kier molecular flexibility index (Phi) is 14.3. The van der Waals surface area contributed by atoms with E-state index in [1.165, 1.54) is 41.5 Å². The molecule has 1 rings (SSSR count). The van der Waals surface area contributed by atoms with Crippen molar-refractivity contribution in [3.63, 3.8) is 0 Å². The van der Waals surface area contributed by atoms with Crippen LogP contribution in [-0.2, 0) is 57.4 Å². The lowest BCUT2D eigenvalue weighted by Crippen LogP contribution is -2.48. The topological polar surface area (TPSA) is 207 Å². The Labute approximate surface area is 255 Å². The molecule has 0 aromatic carbocycles. The van der Waals surface area contributed by atoms with Gasteiger partial charge in [-0.3, -0.25) is 0 Å². The lowest BCUT2D eigenvalue weighted by molar-refractivity contribution is -0.397. The van der Waals surface area contributed by atoms with Crippen LogP contribution >= 0.6 is 0 Å². The van der Waals surface area contributed by atoms with Gasteiger partial charge < -0.3 is 39.1 Å². The second kappa shape index (κ2) is 16.7. The van der Waals surface area contributed by atoms with Crippen LogP contribution in [0, 0.1) is 0 Å². The molecule has 1 heterocycles. The fourth-order valence-corrected chi connectivity index (χ4v) is 4.07. The third-order valence-electron chi connectivity index (χ3n) is 5.83. The summed E-state index contributed by atoms with van der Waals surface area (Å²) in [5.74, 6) is -9.93. The van der Waals surface area contributed by atoms with Crippen molar-refractivity contribution in [1.82, 2.24) is 10.6 Å². The predicted octanol–water partition coefficient (Wildman–Crippen LogP) is 2.89. The monoisotopic (exact) mass is 630 g/mol. The minimum Gasteiger partial charge on any atom is -0.462 e. The van der Waals surface area contributed by atoms with Gasteiger partial charge in [-0.05, 0) is 55.4 Å². The molecule has 0 amide bonds. The summed E-state index contributed by atoms with van der Waals surface area (Å²) in [5.41, 5.74) is -1.21. The lowest BCUT2D eigenvalue weighted by atomic mass is 10.0. The van der Waals surface area contributed by atoms with Crippen molar-refractivity contribution in [1.29, 1.82) is 0 Å². The zero-order chi connectivity index (χ0) is 33.8. The molecule has 0 aromatic rings. The van der Waals surface area contributed by atoms with Crippen LogP contribution in [0.2, 0.25) is 0 Å². The smallest absolute Gasteiger partial charge is 0.374 e. The van der Waals surface area contributed by atoms with E-state index < -0.39 is 47.2 Å². The van der Waals surface area contributed by atoms with Crippen molar-refractivity contribution < 1.29 is 67.9 Å². The Morgan fingerprint density at radius 3 is 1.11 bits per heavy atom. The molecule has 16 heteroatoms. The second-order valence-corrected chi connectivity index (χ2v) is 9.32. The molecule has 1 aliphatic rings. The molecule has 0 fully saturated rings. The number of rotatable bonds is 10. The summed E-state index contributed by atoms with van der Waals surface area (Å²) in [6.45, 7) is 13.4. The zero-order valence-corrected chi connectivity index (χ0v) is 26.6. The average Bonchev–Trinajstić information content (AvgIpc) is 2.94. The number of esters is 4. The SMILES string of the molecule is CCOC(=O)/C1=C(C)/C(C(=O)OCC)=C(/C)NC(C)(OO)O/C(C(=O)OCC)=C(C)\C(C(=O)OCC)=C(\C)NC(C)(OO)O1. The first-order chi connectivity index (χ1) is 20.6. The van der Waals surface area contributed by atoms with E-state index in [9.17, 15) is 29.7 Å². The van der Waals surface area contributed by atoms with Crippen LogP contribution in [0.1, 0.15) is 69.2 Å². The standard InChI is InChI=1S/C28H42N2O14/c1-11-37-23(31)19-15(5)21(25(33)39-13-3)41-28(10,44-36)30-18(8)20(24(32)38-12-2)16(6)22(26(34)40-14-4)42-27(9,43-35)29-17(19)7/h29-30,35-36H,11-14H2,1-10H3/b19-17+,20-18+,21-15-,22-16-. The first-order valence-corrected chi connectivity index (χ1v) is 13.7. The first-order valence-electron chi connectivity index (χ1n) is 13.7. The highest BCUT2D eigenvalue weighted by molar-refractivity contribution is 5.99. The molecular weight excluding hydrogens is 588 g/mol. The van der Waals surface area contributed by atoms with Gasteiger partial charge in [0.15, 0.2) is 0 Å². The fourth-order valence-electron chi connectivity index (χ4n) is 4.07. The van der Waals surface area contributed by atoms with Crippen molar-refractivity contribution in [2.45, 2.75) is 81.1 Å². The minimum absolute atomic E-state index is 0.0721. The van der Waals surface area contributed by atoms with Crippen LogP contribution in [0.25, 0.3) is 0 Å². The summed E-state index contributed by atoms with van der Waals surface area (Å²) in [7, 11) is 0. The molecule has 4 N–H and O–H groups in total. The van der Waals surface area contributed by atoms with Gasteiger partial charge in [0.1, 0.15) is 0 Å². The van der Waals surface area contributed by atoms with E-state index in [2.05, 4.69) is 20.4 Å². The van der Waals surface area contributed by atoms with E-state index >= 15 is 0 Å². The number of ether oxygens (including phenoxy) is 6. The first kappa shape index (κ1) is 37.9. The predicted molar refractivity (Wildman–Crippen MR) is 150 cm³/mol. The highest BCUT2D eigenvalue weighted by Crippen LogP contribution is 2.30. The second-order valence-electron chi connectivity index (χ2n) is 9.32. The summed E-state index contributed by atoms with van der Waals surface area (Å²) in [6, 6.07) is 0. The summed E-state index contributed by atoms with van der Waals surface area (Å²) in [5, 5.41) is 25.2. The minimum atomic E-state index is -2.33. The average molecular weight is 631 g/mol. The number of carbonyl (C=O) groups excluding carboxylic acids is 4. The molecule has 2 unspecified atom stereocenters. The summed E-state index contributed by atoms with van der Waals surface area (Å²) in [6.07, 6.45) is 0. The molecule has 0 bridgehead atoms. The molecule has 16 nitrogen and oxygen atoms in total. The van der Waals surface area contributed by atoms with Crippen LogP contribution in [0.3, 0.4) is 0 Å². The lowest BCUT2D eigenvalue weighted by Gasteiger charge is -2.33. The normalized spacial score (nSPS) is 28.3. The number of nitrogens with one attached hydrogen (secondary N) is 2. The zero-order valence-electron chi connectivity index (χ0n) is 26.6. The Hall–Kier alpha value is -4.12. The van der Waals surface area contributed by atoms with E-state index in [-0.39, 0.29) is 60.1 Å². The summed E-state index contributed by atoms with van der Waals surface area (Å²) in [4.78, 5) is 61.8. The molecule has 0 aliphatic carbocycles. The van der Waals surface area contributed by atoms with Gasteiger partial charge in [0.2, 0.25) is 11.5 Å². The van der Waals surface area contributed by atoms with Crippen molar-refractivity contribution in [3.8, 4) is 0 Å². The fraction of sp³-hybridized carbons (Fsp3) is 0.571. The van der Waals surface area contributed by atoms with Gasteiger partial charge in [-0.1, -0.05) is 0 Å². The van der Waals surface area contributed by atoms with E-state index in [4.69, 9.17) is 28.4 Å². The molecule has 0 spiro atoms. The highest BCUT2D eigenvalue weighted by Gasteiger charge is 2.40. The Bertz CT molecular complexity index is 1140. The van der Waals surface area contributed by atoms with Crippen LogP contribution < -0.4 is 10.6 Å². The Balaban J connectivity index is 4.39. The van der Waals surface area contributed by atoms with Crippen LogP contribution in [0.5, 0.6) is 0 Å². The van der Waals surface area contributed by atoms with Crippen molar-refractivity contribution in [2.24, 2.45) is 0 Å². The van der Waals surface area contributed by atoms with Crippen LogP contribution in [0.4, 0.5) is 0 Å². The molecule has 0 saturated carbocycles. The third-order valence-corrected chi connectivity index (χ3v) is 5.83. The molecule has 2 atom stereocenters. The van der Waals surface area contributed by atoms with E-state index in [1.54, 1.807) is 13.8 Å². The van der Waals surface area contributed by atoms with Gasteiger partial charge in [0, 0.05) is 36.4 Å². The number of hydrogen-bond acceptors (Lipinski definition) is 16. The summed E-state index contributed by atoms with van der Waals surface area (Å²) < 4.78 is 32.2. The van der Waals surface area contributed by atoms with Gasteiger partial charge >= 0.3 is 35.7 Å². The Morgan fingerprint density at radius 2 is 0.864 bits per heavy atom. The number of allylic oxidation sites excluding steroid dienone is 2. The quantitative estimate of drug-likeness (QED) is 0.118. The molecule has 248 valence electrons. The third kappa shape index (κ3) is 9.44. The van der Waals surface area contributed by atoms with Gasteiger partial charge in [0.25, 0.3) is 0 Å². The van der Waals surface area contributed by atoms with E-state index in [1.807, 2.05) is 0 Å². The highest BCUT2D eigenvalue weighted by atomic mass is 17.2. The molecule has 0 saturated heterocycles. The van der Waals surface area contributed by atoms with Gasteiger partial charge in [0.05, 0.1) is 37.6 Å². The van der Waals surface area contributed by atoms with E-state index in [0.717, 1.165) is 13.8 Å². The van der Waals surface area contributed by atoms with E-state index in [0.29, 0.717) is 0 Å². The van der Waals surface area contributed by atoms with Gasteiger partial charge in [-0.25, -0.2) is 29.7 Å². The maximum atomic E-state index is 13.2. The van der Waals surface area contributed by atoms with Crippen molar-refractivity contribution in [2.75, 3.05) is 26.4 Å². The molecule has 0 aromatic heterocycles. The molecule has 1 aliphatic heterocycles. The molecular formula is C28H42N2O14. The van der Waals surface area contributed by atoms with Crippen LogP contribution in [-0.4, -0.2) is 72.6 Å². The molecule has 0 radical (unpaired) electrons. The maximum Gasteiger partial charge on any atom is 0.374 e. The molecule has 44 heavy (non-hydrogen) atoms. The van der Waals surface area contributed by atoms with Crippen LogP contribution in [0.15, 0.2) is 45.2 Å². The van der Waals surface area contributed by atoms with Gasteiger partial charge in [-0.15, -0.1) is 0 Å². The number of carbonyl (C=O) groups is 4. The van der Waals surface area contributed by atoms with Gasteiger partial charge in [-0.2, -0.15) is 9.78 Å². The number of hydrogen-bond donors (Lipinski definition) is 4.